The van der Waals surface area contributed by atoms with Gasteiger partial charge < -0.3 is 4.57 Å². The van der Waals surface area contributed by atoms with Gasteiger partial charge in [0.25, 0.3) is 5.91 Å². The molecule has 0 N–H and O–H groups in total. The van der Waals surface area contributed by atoms with E-state index in [2.05, 4.69) is 4.99 Å². The maximum absolute atomic E-state index is 12.8. The Morgan fingerprint density at radius 3 is 2.43 bits per heavy atom. The second-order valence-corrected chi connectivity index (χ2v) is 10.8. The summed E-state index contributed by atoms with van der Waals surface area (Å²) < 4.78 is 29.9. The monoisotopic (exact) mass is 463 g/mol. The number of amides is 1. The Morgan fingerprint density at radius 2 is 1.80 bits per heavy atom. The van der Waals surface area contributed by atoms with Gasteiger partial charge in [-0.1, -0.05) is 46.7 Å². The summed E-state index contributed by atoms with van der Waals surface area (Å²) >= 11 is 7.69. The first kappa shape index (κ1) is 21.2. The number of piperidine rings is 1. The van der Waals surface area contributed by atoms with E-state index >= 15 is 0 Å². The minimum Gasteiger partial charge on any atom is -0.318 e. The standard InChI is InChI=1S/C21H22ClN3O3S2/c1-14-6-8-16(9-7-14)30(27,28)25-12-10-15(11-13-25)20(26)23-21-24(2)19-17(22)4-3-5-18(19)29-21/h3-9,15H,10-13H2,1-2H3. The maximum atomic E-state index is 12.8. The number of hydrogen-bond acceptors (Lipinski definition) is 4. The molecule has 0 radical (unpaired) electrons. The van der Waals surface area contributed by atoms with E-state index in [9.17, 15) is 13.2 Å². The zero-order chi connectivity index (χ0) is 21.5. The van der Waals surface area contributed by atoms with Gasteiger partial charge in [0.15, 0.2) is 4.80 Å². The number of hydrogen-bond donors (Lipinski definition) is 0. The van der Waals surface area contributed by atoms with Gasteiger partial charge in [-0.15, -0.1) is 0 Å². The number of rotatable bonds is 3. The van der Waals surface area contributed by atoms with Crippen LogP contribution in [0.3, 0.4) is 0 Å². The molecule has 1 saturated heterocycles. The number of nitrogens with zero attached hydrogens (tertiary/aromatic N) is 3. The lowest BCUT2D eigenvalue weighted by molar-refractivity contribution is -0.122. The molecule has 2 aromatic carbocycles. The molecule has 1 aliphatic heterocycles. The lowest BCUT2D eigenvalue weighted by atomic mass is 9.98. The molecule has 0 saturated carbocycles. The minimum absolute atomic E-state index is 0.208. The van der Waals surface area contributed by atoms with Crippen LogP contribution >= 0.6 is 22.9 Å². The highest BCUT2D eigenvalue weighted by molar-refractivity contribution is 7.89. The van der Waals surface area contributed by atoms with E-state index in [1.54, 1.807) is 24.3 Å². The smallest absolute Gasteiger partial charge is 0.251 e. The van der Waals surface area contributed by atoms with Crippen molar-refractivity contribution in [2.75, 3.05) is 13.1 Å². The molecule has 9 heteroatoms. The molecule has 1 aromatic heterocycles. The lowest BCUT2D eigenvalue weighted by Gasteiger charge is -2.29. The van der Waals surface area contributed by atoms with Crippen molar-refractivity contribution in [3.8, 4) is 0 Å². The van der Waals surface area contributed by atoms with Gasteiger partial charge in [0.2, 0.25) is 10.0 Å². The zero-order valence-electron chi connectivity index (χ0n) is 16.7. The number of para-hydroxylation sites is 1. The summed E-state index contributed by atoms with van der Waals surface area (Å²) in [6, 6.07) is 12.5. The second-order valence-electron chi connectivity index (χ2n) is 7.47. The number of aryl methyl sites for hydroxylation is 2. The van der Waals surface area contributed by atoms with Crippen molar-refractivity contribution in [2.24, 2.45) is 18.0 Å². The van der Waals surface area contributed by atoms with Crippen LogP contribution in [0, 0.1) is 12.8 Å². The van der Waals surface area contributed by atoms with Gasteiger partial charge in [0.05, 0.1) is 20.1 Å². The number of benzene rings is 2. The van der Waals surface area contributed by atoms with Crippen molar-refractivity contribution in [1.82, 2.24) is 8.87 Å². The minimum atomic E-state index is -3.54. The zero-order valence-corrected chi connectivity index (χ0v) is 19.1. The first-order valence-corrected chi connectivity index (χ1v) is 12.3. The molecule has 1 aliphatic rings. The maximum Gasteiger partial charge on any atom is 0.251 e. The van der Waals surface area contributed by atoms with Crippen LogP contribution in [-0.4, -0.2) is 36.3 Å². The third kappa shape index (κ3) is 3.97. The molecular weight excluding hydrogens is 442 g/mol. The van der Waals surface area contributed by atoms with Gasteiger partial charge in [-0.05, 0) is 44.0 Å². The topological polar surface area (TPSA) is 71.7 Å². The summed E-state index contributed by atoms with van der Waals surface area (Å²) in [6.07, 6.45) is 0.922. The molecule has 0 spiro atoms. The molecule has 2 heterocycles. The molecule has 0 atom stereocenters. The SMILES string of the molecule is Cc1ccc(S(=O)(=O)N2CCC(C(=O)N=c3sc4cccc(Cl)c4n3C)CC2)cc1. The van der Waals surface area contributed by atoms with Gasteiger partial charge >= 0.3 is 0 Å². The van der Waals surface area contributed by atoms with E-state index in [0.29, 0.717) is 35.8 Å². The first-order valence-electron chi connectivity index (χ1n) is 9.67. The van der Waals surface area contributed by atoms with Gasteiger partial charge in [0.1, 0.15) is 0 Å². The Labute approximate surface area is 184 Å². The molecule has 30 heavy (non-hydrogen) atoms. The number of carbonyl (C=O) groups is 1. The largest absolute Gasteiger partial charge is 0.318 e. The molecule has 1 amide bonds. The second kappa shape index (κ2) is 8.26. The number of fused-ring (bicyclic) bond motifs is 1. The van der Waals surface area contributed by atoms with E-state index in [-0.39, 0.29) is 16.7 Å². The molecule has 158 valence electrons. The predicted molar refractivity (Wildman–Crippen MR) is 119 cm³/mol. The molecule has 6 nitrogen and oxygen atoms in total. The first-order chi connectivity index (χ1) is 14.3. The molecule has 1 fully saturated rings. The molecular formula is C21H22ClN3O3S2. The number of carbonyl (C=O) groups excluding carboxylic acids is 1. The number of halogens is 1. The van der Waals surface area contributed by atoms with Crippen LogP contribution in [0.15, 0.2) is 52.4 Å². The van der Waals surface area contributed by atoms with Crippen molar-refractivity contribution in [3.63, 3.8) is 0 Å². The highest BCUT2D eigenvalue weighted by Gasteiger charge is 2.32. The lowest BCUT2D eigenvalue weighted by Crippen LogP contribution is -2.40. The van der Waals surface area contributed by atoms with Gasteiger partial charge in [-0.2, -0.15) is 9.30 Å². The third-order valence-electron chi connectivity index (χ3n) is 5.44. The van der Waals surface area contributed by atoms with E-state index in [4.69, 9.17) is 11.6 Å². The normalized spacial score (nSPS) is 17.0. The number of sulfonamides is 1. The van der Waals surface area contributed by atoms with E-state index in [1.807, 2.05) is 36.7 Å². The molecule has 4 rings (SSSR count). The number of thiazole rings is 1. The Bertz CT molecular complexity index is 1270. The van der Waals surface area contributed by atoms with Crippen molar-refractivity contribution in [1.29, 1.82) is 0 Å². The Morgan fingerprint density at radius 1 is 1.13 bits per heavy atom. The Balaban J connectivity index is 1.50. The average Bonchev–Trinajstić information content (AvgIpc) is 3.05. The summed E-state index contributed by atoms with van der Waals surface area (Å²) in [7, 11) is -1.70. The van der Waals surface area contributed by atoms with Gasteiger partial charge in [-0.3, -0.25) is 4.79 Å². The molecule has 0 aliphatic carbocycles. The van der Waals surface area contributed by atoms with Crippen LogP contribution < -0.4 is 4.80 Å². The average molecular weight is 464 g/mol. The third-order valence-corrected chi connectivity index (χ3v) is 8.76. The van der Waals surface area contributed by atoms with Crippen LogP contribution in [0.2, 0.25) is 5.02 Å². The molecule has 0 bridgehead atoms. The Kier molecular flexibility index (Phi) is 5.85. The molecule has 0 unspecified atom stereocenters. The number of aromatic nitrogens is 1. The quantitative estimate of drug-likeness (QED) is 0.594. The van der Waals surface area contributed by atoms with Crippen LogP contribution in [0.4, 0.5) is 0 Å². The van der Waals surface area contributed by atoms with Crippen LogP contribution in [0.25, 0.3) is 10.2 Å². The highest BCUT2D eigenvalue weighted by atomic mass is 35.5. The fourth-order valence-corrected chi connectivity index (χ4v) is 6.53. The summed E-state index contributed by atoms with van der Waals surface area (Å²) in [4.78, 5) is 18.0. The van der Waals surface area contributed by atoms with Crippen LogP contribution in [-0.2, 0) is 21.9 Å². The summed E-state index contributed by atoms with van der Waals surface area (Å²) in [5, 5.41) is 0.620. The van der Waals surface area contributed by atoms with Crippen LogP contribution in [0.1, 0.15) is 18.4 Å². The van der Waals surface area contributed by atoms with Gasteiger partial charge in [-0.25, -0.2) is 8.42 Å². The van der Waals surface area contributed by atoms with Crippen molar-refractivity contribution in [3.05, 3.63) is 57.9 Å². The van der Waals surface area contributed by atoms with Crippen molar-refractivity contribution >= 4 is 49.1 Å². The van der Waals surface area contributed by atoms with E-state index < -0.39 is 10.0 Å². The van der Waals surface area contributed by atoms with Crippen LogP contribution in [0.5, 0.6) is 0 Å². The van der Waals surface area contributed by atoms with Crippen molar-refractivity contribution in [2.45, 2.75) is 24.7 Å². The summed E-state index contributed by atoms with van der Waals surface area (Å²) in [5.41, 5.74) is 1.87. The summed E-state index contributed by atoms with van der Waals surface area (Å²) in [6.45, 7) is 2.54. The van der Waals surface area contributed by atoms with Gasteiger partial charge in [0, 0.05) is 26.1 Å². The summed E-state index contributed by atoms with van der Waals surface area (Å²) in [5.74, 6) is -0.490. The van der Waals surface area contributed by atoms with Crippen molar-refractivity contribution < 1.29 is 13.2 Å². The predicted octanol–water partition coefficient (Wildman–Crippen LogP) is 3.73. The van der Waals surface area contributed by atoms with E-state index in [1.165, 1.54) is 15.6 Å². The highest BCUT2D eigenvalue weighted by Crippen LogP contribution is 2.26. The fraction of sp³-hybridized carbons (Fsp3) is 0.333. The molecule has 3 aromatic rings. The van der Waals surface area contributed by atoms with E-state index in [0.717, 1.165) is 15.8 Å². The Hall–Kier alpha value is -2.00. The fourth-order valence-electron chi connectivity index (χ4n) is 3.65.